The minimum atomic E-state index is 0.716. The van der Waals surface area contributed by atoms with E-state index in [4.69, 9.17) is 0 Å². The summed E-state index contributed by atoms with van der Waals surface area (Å²) in [5.41, 5.74) is 3.40. The van der Waals surface area contributed by atoms with Crippen LogP contribution in [-0.2, 0) is 6.54 Å². The number of H-pyrrole nitrogens is 1. The Bertz CT molecular complexity index is 517. The number of benzene rings is 1. The molecule has 4 heteroatoms. The van der Waals surface area contributed by atoms with Gasteiger partial charge in [-0.15, -0.1) is 0 Å². The van der Waals surface area contributed by atoms with Gasteiger partial charge >= 0.3 is 0 Å². The van der Waals surface area contributed by atoms with Crippen LogP contribution in [0.4, 0.5) is 0 Å². The predicted octanol–water partition coefficient (Wildman–Crippen LogP) is 3.01. The quantitative estimate of drug-likeness (QED) is 0.929. The minimum Gasteiger partial charge on any atom is -0.297 e. The van der Waals surface area contributed by atoms with Gasteiger partial charge in [-0.2, -0.15) is 16.9 Å². The van der Waals surface area contributed by atoms with Crippen LogP contribution in [0.1, 0.15) is 12.1 Å². The summed E-state index contributed by atoms with van der Waals surface area (Å²) >= 11 is 2.06. The number of aromatic nitrogens is 2. The Labute approximate surface area is 118 Å². The van der Waals surface area contributed by atoms with Gasteiger partial charge < -0.3 is 0 Å². The number of nitrogens with zero attached hydrogens (tertiary/aromatic N) is 2. The van der Waals surface area contributed by atoms with Gasteiger partial charge in [0.1, 0.15) is 0 Å². The Morgan fingerprint density at radius 3 is 2.95 bits per heavy atom. The van der Waals surface area contributed by atoms with Gasteiger partial charge in [0.05, 0.1) is 5.69 Å². The lowest BCUT2D eigenvalue weighted by Gasteiger charge is -2.22. The summed E-state index contributed by atoms with van der Waals surface area (Å²) in [6, 6.07) is 13.2. The van der Waals surface area contributed by atoms with E-state index in [1.807, 2.05) is 18.2 Å². The minimum absolute atomic E-state index is 0.716. The molecular formula is C15H19N3S. The Morgan fingerprint density at radius 2 is 2.21 bits per heavy atom. The van der Waals surface area contributed by atoms with Crippen LogP contribution in [-0.4, -0.2) is 39.7 Å². The van der Waals surface area contributed by atoms with E-state index in [1.54, 1.807) is 0 Å². The second-order valence-corrected chi connectivity index (χ2v) is 6.23. The van der Waals surface area contributed by atoms with E-state index in [9.17, 15) is 0 Å². The lowest BCUT2D eigenvalue weighted by Crippen LogP contribution is -2.30. The molecule has 1 unspecified atom stereocenters. The molecule has 3 rings (SSSR count). The summed E-state index contributed by atoms with van der Waals surface area (Å²) in [6.07, 6.45) is 1.31. The van der Waals surface area contributed by atoms with E-state index in [1.165, 1.54) is 29.2 Å². The van der Waals surface area contributed by atoms with Gasteiger partial charge in [-0.1, -0.05) is 30.3 Å². The molecule has 0 amide bonds. The fourth-order valence-corrected chi connectivity index (χ4v) is 3.77. The number of rotatable bonds is 4. The average molecular weight is 273 g/mol. The average Bonchev–Trinajstić information content (AvgIpc) is 3.11. The molecule has 0 aliphatic carbocycles. The smallest absolute Gasteiger partial charge is 0.0924 e. The monoisotopic (exact) mass is 273 g/mol. The van der Waals surface area contributed by atoms with E-state index < -0.39 is 0 Å². The highest BCUT2D eigenvalue weighted by Gasteiger charge is 2.20. The molecule has 19 heavy (non-hydrogen) atoms. The van der Waals surface area contributed by atoms with Crippen LogP contribution in [0, 0.1) is 0 Å². The highest BCUT2D eigenvalue weighted by molar-refractivity contribution is 7.99. The highest BCUT2D eigenvalue weighted by Crippen LogP contribution is 2.23. The summed E-state index contributed by atoms with van der Waals surface area (Å²) in [5.74, 6) is 2.56. The van der Waals surface area contributed by atoms with Crippen LogP contribution in [0.2, 0.25) is 0 Å². The summed E-state index contributed by atoms with van der Waals surface area (Å²) in [4.78, 5) is 2.43. The predicted molar refractivity (Wildman–Crippen MR) is 81.2 cm³/mol. The van der Waals surface area contributed by atoms with Crippen molar-refractivity contribution in [1.82, 2.24) is 15.1 Å². The lowest BCUT2D eigenvalue weighted by atomic mass is 10.1. The first kappa shape index (κ1) is 12.8. The van der Waals surface area contributed by atoms with E-state index in [2.05, 4.69) is 52.1 Å². The molecule has 1 aliphatic rings. The van der Waals surface area contributed by atoms with Gasteiger partial charge in [-0.3, -0.25) is 10.00 Å². The number of thioether (sulfide) groups is 1. The zero-order valence-corrected chi connectivity index (χ0v) is 12.0. The first-order valence-corrected chi connectivity index (χ1v) is 7.86. The maximum atomic E-state index is 4.41. The molecule has 1 aromatic carbocycles. The van der Waals surface area contributed by atoms with Crippen molar-refractivity contribution < 1.29 is 0 Å². The summed E-state index contributed by atoms with van der Waals surface area (Å²) < 4.78 is 0. The zero-order valence-electron chi connectivity index (χ0n) is 11.2. The first-order chi connectivity index (χ1) is 9.33. The Kier molecular flexibility index (Phi) is 3.89. The third kappa shape index (κ3) is 3.01. The van der Waals surface area contributed by atoms with Gasteiger partial charge in [-0.25, -0.2) is 0 Å². The molecule has 1 saturated heterocycles. The molecule has 2 heterocycles. The normalized spacial score (nSPS) is 19.2. The van der Waals surface area contributed by atoms with Crippen LogP contribution >= 0.6 is 11.8 Å². The van der Waals surface area contributed by atoms with Crippen molar-refractivity contribution in [1.29, 1.82) is 0 Å². The van der Waals surface area contributed by atoms with E-state index in [-0.39, 0.29) is 0 Å². The van der Waals surface area contributed by atoms with Crippen LogP contribution in [0.3, 0.4) is 0 Å². The fourth-order valence-electron chi connectivity index (χ4n) is 2.47. The topological polar surface area (TPSA) is 31.9 Å². The second-order valence-electron chi connectivity index (χ2n) is 5.08. The number of hydrogen-bond acceptors (Lipinski definition) is 3. The van der Waals surface area contributed by atoms with Crippen molar-refractivity contribution in [3.05, 3.63) is 42.1 Å². The standard InChI is InChI=1S/C15H19N3S/c1-18(14-7-8-19-11-14)10-13-9-15(17-16-13)12-5-3-2-4-6-12/h2-6,9,14H,7-8,10-11H2,1H3,(H,16,17). The molecule has 0 spiro atoms. The molecule has 2 aromatic rings. The summed E-state index contributed by atoms with van der Waals surface area (Å²) in [6.45, 7) is 0.949. The molecular weight excluding hydrogens is 254 g/mol. The van der Waals surface area contributed by atoms with Gasteiger partial charge in [-0.05, 0) is 25.3 Å². The molecule has 3 nitrogen and oxygen atoms in total. The maximum Gasteiger partial charge on any atom is 0.0924 e. The molecule has 1 aliphatic heterocycles. The van der Waals surface area contributed by atoms with Crippen molar-refractivity contribution in [2.75, 3.05) is 18.6 Å². The number of aromatic amines is 1. The molecule has 0 radical (unpaired) electrons. The van der Waals surface area contributed by atoms with Crippen molar-refractivity contribution in [2.24, 2.45) is 0 Å². The van der Waals surface area contributed by atoms with Crippen molar-refractivity contribution in [2.45, 2.75) is 19.0 Å². The van der Waals surface area contributed by atoms with Crippen molar-refractivity contribution in [3.63, 3.8) is 0 Å². The second kappa shape index (κ2) is 5.80. The van der Waals surface area contributed by atoms with Crippen molar-refractivity contribution >= 4 is 11.8 Å². The van der Waals surface area contributed by atoms with E-state index >= 15 is 0 Å². The molecule has 1 fully saturated rings. The van der Waals surface area contributed by atoms with E-state index in [0.717, 1.165) is 12.2 Å². The largest absolute Gasteiger partial charge is 0.297 e. The van der Waals surface area contributed by atoms with Gasteiger partial charge in [0.15, 0.2) is 0 Å². The molecule has 0 saturated carbocycles. The Hall–Kier alpha value is -1.26. The van der Waals surface area contributed by atoms with Crippen molar-refractivity contribution in [3.8, 4) is 11.3 Å². The molecule has 1 aromatic heterocycles. The maximum absolute atomic E-state index is 4.41. The van der Waals surface area contributed by atoms with Gasteiger partial charge in [0.2, 0.25) is 0 Å². The third-order valence-electron chi connectivity index (χ3n) is 3.65. The van der Waals surface area contributed by atoms with Crippen LogP contribution in [0.15, 0.2) is 36.4 Å². The van der Waals surface area contributed by atoms with Gasteiger partial charge in [0, 0.05) is 29.6 Å². The fraction of sp³-hybridized carbons (Fsp3) is 0.400. The Balaban J connectivity index is 1.68. The Morgan fingerprint density at radius 1 is 1.37 bits per heavy atom. The van der Waals surface area contributed by atoms with Crippen LogP contribution in [0.5, 0.6) is 0 Å². The molecule has 100 valence electrons. The van der Waals surface area contributed by atoms with Crippen LogP contribution < -0.4 is 0 Å². The summed E-state index contributed by atoms with van der Waals surface area (Å²) in [7, 11) is 2.21. The third-order valence-corrected chi connectivity index (χ3v) is 4.79. The van der Waals surface area contributed by atoms with Gasteiger partial charge in [0.25, 0.3) is 0 Å². The molecule has 0 bridgehead atoms. The molecule has 1 N–H and O–H groups in total. The summed E-state index contributed by atoms with van der Waals surface area (Å²) in [5, 5.41) is 7.57. The SMILES string of the molecule is CN(Cc1cc(-c2ccccc2)n[nH]1)C1CCSC1. The molecule has 1 atom stereocenters. The lowest BCUT2D eigenvalue weighted by molar-refractivity contribution is 0.251. The first-order valence-electron chi connectivity index (χ1n) is 6.70. The number of nitrogens with one attached hydrogen (secondary N) is 1. The number of hydrogen-bond donors (Lipinski definition) is 1. The highest BCUT2D eigenvalue weighted by atomic mass is 32.2. The van der Waals surface area contributed by atoms with E-state index in [0.29, 0.717) is 6.04 Å². The van der Waals surface area contributed by atoms with Crippen LogP contribution in [0.25, 0.3) is 11.3 Å². The zero-order chi connectivity index (χ0) is 13.1.